The van der Waals surface area contributed by atoms with Gasteiger partial charge >= 0.3 is 0 Å². The Labute approximate surface area is 97.2 Å². The summed E-state index contributed by atoms with van der Waals surface area (Å²) in [6, 6.07) is 4.96. The number of halogens is 2. The van der Waals surface area contributed by atoms with Crippen molar-refractivity contribution in [2.24, 2.45) is 11.7 Å². The molecule has 0 spiro atoms. The molecule has 84 valence electrons. The average Bonchev–Trinajstić information content (AvgIpc) is 3.02. The van der Waals surface area contributed by atoms with E-state index in [2.05, 4.69) is 0 Å². The van der Waals surface area contributed by atoms with Gasteiger partial charge in [0, 0.05) is 5.39 Å². The summed E-state index contributed by atoms with van der Waals surface area (Å²) < 4.78 is 19.1. The maximum Gasteiger partial charge on any atom is 0.184 e. The first kappa shape index (κ1) is 10.1. The molecule has 1 aliphatic rings. The highest BCUT2D eigenvalue weighted by atomic mass is 35.5. The Balaban J connectivity index is 2.11. The van der Waals surface area contributed by atoms with Crippen LogP contribution in [0.2, 0.25) is 5.02 Å². The molecular weight excluding hydrogens is 229 g/mol. The van der Waals surface area contributed by atoms with E-state index in [-0.39, 0.29) is 16.6 Å². The van der Waals surface area contributed by atoms with Gasteiger partial charge in [-0.25, -0.2) is 4.39 Å². The first-order valence-electron chi connectivity index (χ1n) is 5.30. The molecule has 2 N–H and O–H groups in total. The van der Waals surface area contributed by atoms with Gasteiger partial charge in [0.2, 0.25) is 0 Å². The fourth-order valence-electron chi connectivity index (χ4n) is 1.92. The van der Waals surface area contributed by atoms with Crippen LogP contribution in [0.1, 0.15) is 24.6 Å². The van der Waals surface area contributed by atoms with E-state index in [1.165, 1.54) is 6.07 Å². The van der Waals surface area contributed by atoms with Gasteiger partial charge < -0.3 is 10.2 Å². The van der Waals surface area contributed by atoms with Gasteiger partial charge in [0.15, 0.2) is 11.4 Å². The SMILES string of the molecule is NC(c1cc2ccc(Cl)c(F)c2o1)C1CC1. The minimum absolute atomic E-state index is 0.0772. The third kappa shape index (κ3) is 1.51. The molecule has 1 saturated carbocycles. The lowest BCUT2D eigenvalue weighted by atomic mass is 10.1. The maximum atomic E-state index is 13.6. The van der Waals surface area contributed by atoms with E-state index in [1.54, 1.807) is 12.1 Å². The molecule has 1 aromatic carbocycles. The quantitative estimate of drug-likeness (QED) is 0.869. The summed E-state index contributed by atoms with van der Waals surface area (Å²) in [6.07, 6.45) is 2.25. The van der Waals surface area contributed by atoms with E-state index in [0.717, 1.165) is 12.8 Å². The lowest BCUT2D eigenvalue weighted by Crippen LogP contribution is -2.10. The fraction of sp³-hybridized carbons (Fsp3) is 0.333. The van der Waals surface area contributed by atoms with Crippen molar-refractivity contribution in [3.05, 3.63) is 34.8 Å². The Kier molecular flexibility index (Phi) is 2.19. The van der Waals surface area contributed by atoms with E-state index in [9.17, 15) is 4.39 Å². The number of nitrogens with two attached hydrogens (primary N) is 1. The maximum absolute atomic E-state index is 13.6. The monoisotopic (exact) mass is 239 g/mol. The highest BCUT2D eigenvalue weighted by Gasteiger charge is 2.31. The van der Waals surface area contributed by atoms with Crippen LogP contribution in [0.4, 0.5) is 4.39 Å². The predicted octanol–water partition coefficient (Wildman–Crippen LogP) is 3.64. The molecule has 0 amide bonds. The van der Waals surface area contributed by atoms with Gasteiger partial charge in [-0.2, -0.15) is 0 Å². The topological polar surface area (TPSA) is 39.2 Å². The van der Waals surface area contributed by atoms with E-state index in [1.807, 2.05) is 0 Å². The van der Waals surface area contributed by atoms with E-state index < -0.39 is 5.82 Å². The van der Waals surface area contributed by atoms with Gasteiger partial charge in [-0.1, -0.05) is 11.6 Å². The number of hydrogen-bond acceptors (Lipinski definition) is 2. The second-order valence-corrected chi connectivity index (χ2v) is 4.70. The molecule has 2 aromatic rings. The van der Waals surface area contributed by atoms with Gasteiger partial charge in [0.25, 0.3) is 0 Å². The number of furan rings is 1. The molecule has 4 heteroatoms. The molecule has 1 unspecified atom stereocenters. The van der Waals surface area contributed by atoms with Crippen LogP contribution < -0.4 is 5.73 Å². The van der Waals surface area contributed by atoms with Crippen molar-refractivity contribution in [3.8, 4) is 0 Å². The highest BCUT2D eigenvalue weighted by Crippen LogP contribution is 2.41. The second kappa shape index (κ2) is 3.47. The van der Waals surface area contributed by atoms with Crippen molar-refractivity contribution in [2.75, 3.05) is 0 Å². The van der Waals surface area contributed by atoms with Gasteiger partial charge in [0.1, 0.15) is 5.76 Å². The molecule has 0 bridgehead atoms. The van der Waals surface area contributed by atoms with Crippen molar-refractivity contribution >= 4 is 22.6 Å². The molecule has 1 aromatic heterocycles. The van der Waals surface area contributed by atoms with Gasteiger partial charge in [-0.15, -0.1) is 0 Å². The van der Waals surface area contributed by atoms with Crippen molar-refractivity contribution in [2.45, 2.75) is 18.9 Å². The first-order valence-corrected chi connectivity index (χ1v) is 5.67. The van der Waals surface area contributed by atoms with Crippen molar-refractivity contribution in [1.82, 2.24) is 0 Å². The molecule has 0 radical (unpaired) electrons. The second-order valence-electron chi connectivity index (χ2n) is 4.29. The normalized spacial score (nSPS) is 17.9. The molecule has 1 atom stereocenters. The molecule has 1 fully saturated rings. The summed E-state index contributed by atoms with van der Waals surface area (Å²) in [7, 11) is 0. The molecule has 0 aliphatic heterocycles. The smallest absolute Gasteiger partial charge is 0.184 e. The Hall–Kier alpha value is -1.06. The van der Waals surface area contributed by atoms with Gasteiger partial charge in [-0.05, 0) is 37.0 Å². The lowest BCUT2D eigenvalue weighted by molar-refractivity contribution is 0.456. The lowest BCUT2D eigenvalue weighted by Gasteiger charge is -2.04. The third-order valence-corrected chi connectivity index (χ3v) is 3.35. The van der Waals surface area contributed by atoms with Crippen LogP contribution in [0.5, 0.6) is 0 Å². The van der Waals surface area contributed by atoms with Crippen molar-refractivity contribution in [3.63, 3.8) is 0 Å². The molecule has 2 nitrogen and oxygen atoms in total. The van der Waals surface area contributed by atoms with Gasteiger partial charge in [-0.3, -0.25) is 0 Å². The zero-order valence-electron chi connectivity index (χ0n) is 8.54. The van der Waals surface area contributed by atoms with Gasteiger partial charge in [0.05, 0.1) is 11.1 Å². The molecular formula is C12H11ClFNO. The zero-order valence-corrected chi connectivity index (χ0v) is 9.30. The number of hydrogen-bond donors (Lipinski definition) is 1. The molecule has 1 heterocycles. The summed E-state index contributed by atoms with van der Waals surface area (Å²) in [5.74, 6) is 0.631. The van der Waals surface area contributed by atoms with Crippen LogP contribution in [0, 0.1) is 11.7 Å². The van der Waals surface area contributed by atoms with Crippen LogP contribution in [-0.2, 0) is 0 Å². The van der Waals surface area contributed by atoms with Crippen LogP contribution in [-0.4, -0.2) is 0 Å². The number of rotatable bonds is 2. The predicted molar refractivity (Wildman–Crippen MR) is 60.8 cm³/mol. The highest BCUT2D eigenvalue weighted by molar-refractivity contribution is 6.31. The van der Waals surface area contributed by atoms with Crippen molar-refractivity contribution < 1.29 is 8.81 Å². The average molecular weight is 240 g/mol. The molecule has 1 aliphatic carbocycles. The minimum Gasteiger partial charge on any atom is -0.456 e. The van der Waals surface area contributed by atoms with E-state index in [4.69, 9.17) is 21.8 Å². The summed E-state index contributed by atoms with van der Waals surface area (Å²) in [4.78, 5) is 0. The number of benzene rings is 1. The summed E-state index contributed by atoms with van der Waals surface area (Å²) in [6.45, 7) is 0. The largest absolute Gasteiger partial charge is 0.456 e. The van der Waals surface area contributed by atoms with E-state index >= 15 is 0 Å². The van der Waals surface area contributed by atoms with Crippen LogP contribution >= 0.6 is 11.6 Å². The fourth-order valence-corrected chi connectivity index (χ4v) is 2.07. The van der Waals surface area contributed by atoms with Crippen LogP contribution in [0.15, 0.2) is 22.6 Å². The Morgan fingerprint density at radius 2 is 2.19 bits per heavy atom. The van der Waals surface area contributed by atoms with E-state index in [0.29, 0.717) is 17.1 Å². The third-order valence-electron chi connectivity index (χ3n) is 3.06. The summed E-state index contributed by atoms with van der Waals surface area (Å²) >= 11 is 5.69. The zero-order chi connectivity index (χ0) is 11.3. The van der Waals surface area contributed by atoms with Crippen molar-refractivity contribution in [1.29, 1.82) is 0 Å². The summed E-state index contributed by atoms with van der Waals surface area (Å²) in [5, 5.41) is 0.793. The molecule has 16 heavy (non-hydrogen) atoms. The van der Waals surface area contributed by atoms with Crippen LogP contribution in [0.25, 0.3) is 11.0 Å². The molecule has 3 rings (SSSR count). The Bertz CT molecular complexity index is 547. The number of fused-ring (bicyclic) bond motifs is 1. The van der Waals surface area contributed by atoms with Crippen LogP contribution in [0.3, 0.4) is 0 Å². The Morgan fingerprint density at radius 1 is 1.44 bits per heavy atom. The standard InChI is InChI=1S/C12H11ClFNO/c13-8-4-3-7-5-9(11(15)6-1-2-6)16-12(7)10(8)14/h3-6,11H,1-2,15H2. The molecule has 0 saturated heterocycles. The summed E-state index contributed by atoms with van der Waals surface area (Å²) in [5.41, 5.74) is 6.21. The minimum atomic E-state index is -0.506. The first-order chi connectivity index (χ1) is 7.66. The Morgan fingerprint density at radius 3 is 2.88 bits per heavy atom.